The van der Waals surface area contributed by atoms with Crippen molar-refractivity contribution in [1.82, 2.24) is 9.29 Å². The van der Waals surface area contributed by atoms with Crippen LogP contribution >= 0.6 is 11.6 Å². The van der Waals surface area contributed by atoms with Crippen LogP contribution in [0.25, 0.3) is 11.3 Å². The van der Waals surface area contributed by atoms with Crippen LogP contribution in [0.4, 0.5) is 5.69 Å². The molecule has 0 unspecified atom stereocenters. The van der Waals surface area contributed by atoms with Crippen molar-refractivity contribution in [2.45, 2.75) is 43.4 Å². The van der Waals surface area contributed by atoms with Gasteiger partial charge in [-0.05, 0) is 43.2 Å². The topological polar surface area (TPSA) is 92.5 Å². The molecule has 3 aromatic rings. The number of halogens is 1. The lowest BCUT2D eigenvalue weighted by Crippen LogP contribution is -2.32. The zero-order valence-corrected chi connectivity index (χ0v) is 19.7. The number of hydrogen-bond acceptors (Lipinski definition) is 5. The molecule has 174 valence electrons. The van der Waals surface area contributed by atoms with Gasteiger partial charge in [-0.1, -0.05) is 42.6 Å². The van der Waals surface area contributed by atoms with Crippen LogP contribution < -0.4 is 5.32 Å². The molecule has 1 fully saturated rings. The molecule has 4 rings (SSSR count). The molecule has 2 aromatic carbocycles. The number of anilines is 1. The molecule has 1 amide bonds. The Morgan fingerprint density at radius 1 is 1.06 bits per heavy atom. The Balaban J connectivity index is 1.37. The molecule has 0 atom stereocenters. The van der Waals surface area contributed by atoms with Crippen molar-refractivity contribution >= 4 is 33.2 Å². The van der Waals surface area contributed by atoms with Crippen LogP contribution in [0.2, 0.25) is 5.02 Å². The van der Waals surface area contributed by atoms with Crippen molar-refractivity contribution in [3.8, 4) is 11.3 Å². The number of oxazole rings is 1. The van der Waals surface area contributed by atoms with E-state index >= 15 is 0 Å². The maximum absolute atomic E-state index is 13.0. The van der Waals surface area contributed by atoms with E-state index in [1.165, 1.54) is 6.07 Å². The third-order valence-electron chi connectivity index (χ3n) is 5.58. The first-order chi connectivity index (χ1) is 15.9. The second-order valence-electron chi connectivity index (χ2n) is 7.99. The van der Waals surface area contributed by atoms with Gasteiger partial charge in [0.1, 0.15) is 0 Å². The first kappa shape index (κ1) is 23.5. The number of rotatable bonds is 7. The second-order valence-corrected chi connectivity index (χ2v) is 10.3. The number of carbonyl (C=O) groups excluding carboxylic acids is 1. The third kappa shape index (κ3) is 5.82. The summed E-state index contributed by atoms with van der Waals surface area (Å²) in [5.41, 5.74) is 1.19. The highest BCUT2D eigenvalue weighted by molar-refractivity contribution is 7.89. The lowest BCUT2D eigenvalue weighted by atomic mass is 10.2. The summed E-state index contributed by atoms with van der Waals surface area (Å²) in [4.78, 5) is 16.9. The summed E-state index contributed by atoms with van der Waals surface area (Å²) >= 11 is 6.19. The number of benzene rings is 2. The van der Waals surface area contributed by atoms with Crippen molar-refractivity contribution in [2.24, 2.45) is 0 Å². The molecule has 0 saturated carbocycles. The maximum Gasteiger partial charge on any atom is 0.243 e. The van der Waals surface area contributed by atoms with Crippen molar-refractivity contribution in [3.05, 3.63) is 65.6 Å². The average Bonchev–Trinajstić information content (AvgIpc) is 3.09. The lowest BCUT2D eigenvalue weighted by Gasteiger charge is -2.20. The molecule has 0 bridgehead atoms. The monoisotopic (exact) mass is 487 g/mol. The van der Waals surface area contributed by atoms with Gasteiger partial charge in [0, 0.05) is 37.2 Å². The van der Waals surface area contributed by atoms with Gasteiger partial charge in [0.15, 0.2) is 11.7 Å². The van der Waals surface area contributed by atoms with E-state index in [1.807, 2.05) is 18.2 Å². The van der Waals surface area contributed by atoms with E-state index in [4.69, 9.17) is 16.0 Å². The van der Waals surface area contributed by atoms with E-state index in [9.17, 15) is 13.2 Å². The number of amides is 1. The van der Waals surface area contributed by atoms with Crippen LogP contribution in [0.5, 0.6) is 0 Å². The third-order valence-corrected chi connectivity index (χ3v) is 7.80. The molecule has 0 radical (unpaired) electrons. The number of hydrogen-bond donors (Lipinski definition) is 1. The molecule has 0 spiro atoms. The average molecular weight is 488 g/mol. The summed E-state index contributed by atoms with van der Waals surface area (Å²) in [5, 5.41) is 3.34. The molecule has 0 aliphatic carbocycles. The predicted octanol–water partition coefficient (Wildman–Crippen LogP) is 5.13. The van der Waals surface area contributed by atoms with Crippen molar-refractivity contribution in [1.29, 1.82) is 0 Å². The maximum atomic E-state index is 13.0. The Bertz CT molecular complexity index is 1220. The largest absolute Gasteiger partial charge is 0.441 e. The summed E-state index contributed by atoms with van der Waals surface area (Å²) in [6, 6.07) is 13.7. The summed E-state index contributed by atoms with van der Waals surface area (Å²) in [6.07, 6.45) is 5.88. The second kappa shape index (κ2) is 10.5. The smallest absolute Gasteiger partial charge is 0.243 e. The van der Waals surface area contributed by atoms with E-state index in [-0.39, 0.29) is 17.2 Å². The highest BCUT2D eigenvalue weighted by Gasteiger charge is 2.25. The molecular formula is C24H26ClN3O4S. The molecule has 1 saturated heterocycles. The van der Waals surface area contributed by atoms with Gasteiger partial charge in [0.05, 0.1) is 16.1 Å². The van der Waals surface area contributed by atoms with E-state index in [0.29, 0.717) is 41.9 Å². The zero-order chi connectivity index (χ0) is 23.3. The van der Waals surface area contributed by atoms with Crippen molar-refractivity contribution < 1.29 is 17.6 Å². The van der Waals surface area contributed by atoms with Crippen LogP contribution in [0.3, 0.4) is 0 Å². The Labute approximate surface area is 198 Å². The van der Waals surface area contributed by atoms with Crippen LogP contribution in [0.15, 0.2) is 64.0 Å². The van der Waals surface area contributed by atoms with Gasteiger partial charge in [-0.15, -0.1) is 0 Å². The van der Waals surface area contributed by atoms with E-state index < -0.39 is 10.0 Å². The minimum atomic E-state index is -3.58. The summed E-state index contributed by atoms with van der Waals surface area (Å²) < 4.78 is 33.3. The highest BCUT2D eigenvalue weighted by Crippen LogP contribution is 2.28. The fourth-order valence-electron chi connectivity index (χ4n) is 3.82. The van der Waals surface area contributed by atoms with Gasteiger partial charge in [-0.2, -0.15) is 4.31 Å². The first-order valence-corrected chi connectivity index (χ1v) is 12.8. The van der Waals surface area contributed by atoms with Crippen molar-refractivity contribution in [2.75, 3.05) is 18.4 Å². The predicted molar refractivity (Wildman–Crippen MR) is 128 cm³/mol. The number of nitrogens with one attached hydrogen (secondary N) is 1. The van der Waals surface area contributed by atoms with Gasteiger partial charge in [0.2, 0.25) is 15.9 Å². The van der Waals surface area contributed by atoms with Crippen LogP contribution in [0.1, 0.15) is 38.0 Å². The number of aryl methyl sites for hydroxylation is 1. The van der Waals surface area contributed by atoms with Crippen molar-refractivity contribution in [3.63, 3.8) is 0 Å². The molecule has 33 heavy (non-hydrogen) atoms. The molecule has 7 nitrogen and oxygen atoms in total. The van der Waals surface area contributed by atoms with Crippen LogP contribution in [-0.4, -0.2) is 36.7 Å². The summed E-state index contributed by atoms with van der Waals surface area (Å²) in [5.74, 6) is 0.719. The van der Waals surface area contributed by atoms with Crippen LogP contribution in [-0.2, 0) is 21.2 Å². The lowest BCUT2D eigenvalue weighted by molar-refractivity contribution is -0.116. The van der Waals surface area contributed by atoms with Gasteiger partial charge in [0.25, 0.3) is 0 Å². The molecule has 1 aliphatic heterocycles. The Kier molecular flexibility index (Phi) is 7.47. The fourth-order valence-corrected chi connectivity index (χ4v) is 5.61. The van der Waals surface area contributed by atoms with E-state index in [0.717, 1.165) is 31.2 Å². The number of aromatic nitrogens is 1. The Hall–Kier alpha value is -2.68. The molecule has 1 aromatic heterocycles. The summed E-state index contributed by atoms with van der Waals surface area (Å²) in [7, 11) is -3.58. The number of sulfonamides is 1. The zero-order valence-electron chi connectivity index (χ0n) is 18.2. The molecule has 1 N–H and O–H groups in total. The molecule has 2 heterocycles. The Morgan fingerprint density at radius 2 is 1.82 bits per heavy atom. The van der Waals surface area contributed by atoms with E-state index in [2.05, 4.69) is 10.3 Å². The molecule has 9 heteroatoms. The summed E-state index contributed by atoms with van der Waals surface area (Å²) in [6.45, 7) is 1.07. The number of nitrogens with zero attached hydrogens (tertiary/aromatic N) is 2. The quantitative estimate of drug-likeness (QED) is 0.498. The minimum absolute atomic E-state index is 0.144. The number of carbonyl (C=O) groups is 1. The molecule has 1 aliphatic rings. The van der Waals surface area contributed by atoms with Gasteiger partial charge >= 0.3 is 0 Å². The Morgan fingerprint density at radius 3 is 2.58 bits per heavy atom. The molecular weight excluding hydrogens is 462 g/mol. The highest BCUT2D eigenvalue weighted by atomic mass is 35.5. The van der Waals surface area contributed by atoms with Gasteiger partial charge < -0.3 is 9.73 Å². The van der Waals surface area contributed by atoms with Gasteiger partial charge in [-0.3, -0.25) is 4.79 Å². The fraction of sp³-hybridized carbons (Fsp3) is 0.333. The standard InChI is InChI=1S/C24H26ClN3O4S/c25-21-11-4-3-10-20(21)22-17-26-24(32-22)13-12-23(29)27-18-8-7-9-19(16-18)33(30,31)28-14-5-1-2-6-15-28/h3-4,7-11,16-17H,1-2,5-6,12-15H2,(H,27,29). The SMILES string of the molecule is O=C(CCc1ncc(-c2ccccc2Cl)o1)Nc1cccc(S(=O)(=O)N2CCCCCC2)c1. The van der Waals surface area contributed by atoms with Crippen LogP contribution in [0, 0.1) is 0 Å². The normalized spacial score (nSPS) is 15.2. The van der Waals surface area contributed by atoms with Gasteiger partial charge in [-0.25, -0.2) is 13.4 Å². The minimum Gasteiger partial charge on any atom is -0.441 e. The first-order valence-electron chi connectivity index (χ1n) is 11.0. The van der Waals surface area contributed by atoms with E-state index in [1.54, 1.807) is 34.8 Å².